The van der Waals surface area contributed by atoms with Crippen molar-refractivity contribution in [3.63, 3.8) is 0 Å². The highest BCUT2D eigenvalue weighted by Crippen LogP contribution is 2.23. The van der Waals surface area contributed by atoms with Crippen molar-refractivity contribution >= 4 is 0 Å². The maximum Gasteiger partial charge on any atom is 0.116 e. The van der Waals surface area contributed by atoms with Crippen LogP contribution in [0.25, 0.3) is 11.3 Å². The van der Waals surface area contributed by atoms with Gasteiger partial charge in [0.1, 0.15) is 5.69 Å². The number of nitrogens with one attached hydrogen (secondary N) is 2. The zero-order chi connectivity index (χ0) is 17.0. The van der Waals surface area contributed by atoms with Crippen molar-refractivity contribution in [2.45, 2.75) is 65.2 Å². The van der Waals surface area contributed by atoms with Crippen LogP contribution in [0.15, 0.2) is 24.3 Å². The van der Waals surface area contributed by atoms with Crippen LogP contribution in [0.5, 0.6) is 0 Å². The van der Waals surface area contributed by atoms with Crippen LogP contribution >= 0.6 is 0 Å². The standard InChI is InChI=1S/C20H32N4/c1-3-4-5-6-7-8-11-15-21-16-14-19-20(23-24-22-19)18-13-10-9-12-17(18)2/h9-10,12-13,21H,3-8,11,14-16H2,1-2H3,(H,22,23,24). The van der Waals surface area contributed by atoms with Crippen molar-refractivity contribution in [3.8, 4) is 11.3 Å². The fourth-order valence-corrected chi connectivity index (χ4v) is 3.02. The van der Waals surface area contributed by atoms with Crippen LogP contribution in [0, 0.1) is 6.92 Å². The molecule has 132 valence electrons. The van der Waals surface area contributed by atoms with E-state index in [9.17, 15) is 0 Å². The van der Waals surface area contributed by atoms with Crippen LogP contribution in [0.1, 0.15) is 63.1 Å². The summed E-state index contributed by atoms with van der Waals surface area (Å²) in [5, 5.41) is 14.9. The molecule has 0 aliphatic heterocycles. The van der Waals surface area contributed by atoms with E-state index < -0.39 is 0 Å². The first-order valence-corrected chi connectivity index (χ1v) is 9.49. The second kappa shape index (κ2) is 11.0. The lowest BCUT2D eigenvalue weighted by Crippen LogP contribution is -2.18. The van der Waals surface area contributed by atoms with Crippen molar-refractivity contribution in [2.24, 2.45) is 0 Å². The second-order valence-corrected chi connectivity index (χ2v) is 6.58. The van der Waals surface area contributed by atoms with E-state index in [2.05, 4.69) is 58.8 Å². The highest BCUT2D eigenvalue weighted by atomic mass is 15.3. The summed E-state index contributed by atoms with van der Waals surface area (Å²) in [6.45, 7) is 6.46. The first-order valence-electron chi connectivity index (χ1n) is 9.49. The quantitative estimate of drug-likeness (QED) is 0.557. The molecule has 0 aliphatic rings. The Hall–Kier alpha value is -1.68. The zero-order valence-electron chi connectivity index (χ0n) is 15.3. The van der Waals surface area contributed by atoms with E-state index in [0.717, 1.165) is 30.9 Å². The molecular formula is C20H32N4. The van der Waals surface area contributed by atoms with Crippen molar-refractivity contribution < 1.29 is 0 Å². The molecule has 0 amide bonds. The summed E-state index contributed by atoms with van der Waals surface area (Å²) in [6.07, 6.45) is 10.5. The molecule has 0 fully saturated rings. The largest absolute Gasteiger partial charge is 0.316 e. The molecule has 4 nitrogen and oxygen atoms in total. The van der Waals surface area contributed by atoms with Crippen LogP contribution in [-0.2, 0) is 6.42 Å². The average molecular weight is 329 g/mol. The first-order chi connectivity index (χ1) is 11.8. The summed E-state index contributed by atoms with van der Waals surface area (Å²) in [6, 6.07) is 8.34. The minimum Gasteiger partial charge on any atom is -0.316 e. The van der Waals surface area contributed by atoms with Gasteiger partial charge in [0.05, 0.1) is 5.69 Å². The van der Waals surface area contributed by atoms with Crippen molar-refractivity contribution in [1.82, 2.24) is 20.7 Å². The number of aromatic nitrogens is 3. The summed E-state index contributed by atoms with van der Waals surface area (Å²) >= 11 is 0. The molecule has 0 bridgehead atoms. The number of rotatable bonds is 12. The number of H-pyrrole nitrogens is 1. The molecule has 2 rings (SSSR count). The molecule has 0 radical (unpaired) electrons. The van der Waals surface area contributed by atoms with E-state index in [-0.39, 0.29) is 0 Å². The molecule has 1 aromatic heterocycles. The van der Waals surface area contributed by atoms with Gasteiger partial charge in [0.25, 0.3) is 0 Å². The van der Waals surface area contributed by atoms with E-state index in [1.54, 1.807) is 0 Å². The molecule has 0 saturated carbocycles. The van der Waals surface area contributed by atoms with Gasteiger partial charge in [-0.2, -0.15) is 0 Å². The lowest BCUT2D eigenvalue weighted by Gasteiger charge is -2.06. The Labute approximate surface area is 146 Å². The van der Waals surface area contributed by atoms with Crippen LogP contribution in [-0.4, -0.2) is 28.5 Å². The Kier molecular flexibility index (Phi) is 8.53. The van der Waals surface area contributed by atoms with Crippen molar-refractivity contribution in [1.29, 1.82) is 0 Å². The van der Waals surface area contributed by atoms with E-state index in [0.29, 0.717) is 0 Å². The lowest BCUT2D eigenvalue weighted by molar-refractivity contribution is 0.562. The van der Waals surface area contributed by atoms with E-state index in [1.165, 1.54) is 56.1 Å². The molecule has 4 heteroatoms. The van der Waals surface area contributed by atoms with Crippen molar-refractivity contribution in [3.05, 3.63) is 35.5 Å². The summed E-state index contributed by atoms with van der Waals surface area (Å²) < 4.78 is 0. The summed E-state index contributed by atoms with van der Waals surface area (Å²) in [4.78, 5) is 0. The fraction of sp³-hybridized carbons (Fsp3) is 0.600. The maximum atomic E-state index is 4.28. The molecule has 2 aromatic rings. The van der Waals surface area contributed by atoms with Gasteiger partial charge in [-0.1, -0.05) is 74.9 Å². The summed E-state index contributed by atoms with van der Waals surface area (Å²) in [7, 11) is 0. The molecule has 0 aliphatic carbocycles. The number of hydrogen-bond donors (Lipinski definition) is 2. The number of nitrogens with zero attached hydrogens (tertiary/aromatic N) is 2. The van der Waals surface area contributed by atoms with Crippen LogP contribution in [0.2, 0.25) is 0 Å². The monoisotopic (exact) mass is 328 g/mol. The van der Waals surface area contributed by atoms with Gasteiger partial charge in [0.15, 0.2) is 0 Å². The van der Waals surface area contributed by atoms with Gasteiger partial charge in [-0.05, 0) is 25.5 Å². The second-order valence-electron chi connectivity index (χ2n) is 6.58. The molecule has 0 unspecified atom stereocenters. The minimum atomic E-state index is 0.938. The normalized spacial score (nSPS) is 11.1. The minimum absolute atomic E-state index is 0.938. The number of unbranched alkanes of at least 4 members (excludes halogenated alkanes) is 6. The highest BCUT2D eigenvalue weighted by Gasteiger charge is 2.11. The fourth-order valence-electron chi connectivity index (χ4n) is 3.02. The summed E-state index contributed by atoms with van der Waals surface area (Å²) in [5.41, 5.74) is 4.53. The molecule has 0 atom stereocenters. The first kappa shape index (κ1) is 18.7. The molecule has 0 spiro atoms. The highest BCUT2D eigenvalue weighted by molar-refractivity contribution is 5.65. The molecule has 2 N–H and O–H groups in total. The van der Waals surface area contributed by atoms with Gasteiger partial charge in [0, 0.05) is 18.5 Å². The topological polar surface area (TPSA) is 53.6 Å². The Morgan fingerprint density at radius 2 is 1.71 bits per heavy atom. The van der Waals surface area contributed by atoms with Gasteiger partial charge in [-0.25, -0.2) is 0 Å². The molecule has 0 saturated heterocycles. The van der Waals surface area contributed by atoms with Crippen molar-refractivity contribution in [2.75, 3.05) is 13.1 Å². The summed E-state index contributed by atoms with van der Waals surface area (Å²) in [5.74, 6) is 0. The third-order valence-electron chi connectivity index (χ3n) is 4.53. The lowest BCUT2D eigenvalue weighted by atomic mass is 10.0. The van der Waals surface area contributed by atoms with E-state index >= 15 is 0 Å². The Morgan fingerprint density at radius 3 is 2.50 bits per heavy atom. The van der Waals surface area contributed by atoms with Gasteiger partial charge in [-0.15, -0.1) is 5.10 Å². The van der Waals surface area contributed by atoms with Gasteiger partial charge in [-0.3, -0.25) is 5.10 Å². The maximum absolute atomic E-state index is 4.28. The SMILES string of the molecule is CCCCCCCCCNCCc1[nH]nnc1-c1ccccc1C. The Morgan fingerprint density at radius 1 is 0.958 bits per heavy atom. The van der Waals surface area contributed by atoms with E-state index in [4.69, 9.17) is 0 Å². The van der Waals surface area contributed by atoms with E-state index in [1.807, 2.05) is 0 Å². The smallest absolute Gasteiger partial charge is 0.116 e. The molecular weight excluding hydrogens is 296 g/mol. The number of aryl methyl sites for hydroxylation is 1. The Balaban J connectivity index is 1.64. The van der Waals surface area contributed by atoms with Gasteiger partial charge < -0.3 is 5.32 Å². The number of hydrogen-bond acceptors (Lipinski definition) is 3. The number of aromatic amines is 1. The van der Waals surface area contributed by atoms with Crippen LogP contribution in [0.3, 0.4) is 0 Å². The Bertz CT molecular complexity index is 577. The average Bonchev–Trinajstić information content (AvgIpc) is 3.05. The number of benzene rings is 1. The van der Waals surface area contributed by atoms with Crippen LogP contribution in [0.4, 0.5) is 0 Å². The predicted molar refractivity (Wildman–Crippen MR) is 101 cm³/mol. The molecule has 24 heavy (non-hydrogen) atoms. The third-order valence-corrected chi connectivity index (χ3v) is 4.53. The molecule has 1 heterocycles. The van der Waals surface area contributed by atoms with Crippen LogP contribution < -0.4 is 5.32 Å². The zero-order valence-corrected chi connectivity index (χ0v) is 15.3. The molecule has 1 aromatic carbocycles. The predicted octanol–water partition coefficient (Wildman–Crippen LogP) is 4.66. The third kappa shape index (κ3) is 6.08. The van der Waals surface area contributed by atoms with Gasteiger partial charge >= 0.3 is 0 Å². The van der Waals surface area contributed by atoms with Gasteiger partial charge in [0.2, 0.25) is 0 Å².